The highest BCUT2D eigenvalue weighted by atomic mass is 16.6. The first-order valence-electron chi connectivity index (χ1n) is 8.28. The maximum atomic E-state index is 10.7. The Balaban J connectivity index is 1.79. The van der Waals surface area contributed by atoms with Crippen molar-refractivity contribution < 1.29 is 10.0 Å². The van der Waals surface area contributed by atoms with Crippen LogP contribution in [0.25, 0.3) is 11.4 Å². The Morgan fingerprint density at radius 2 is 1.85 bits per heavy atom. The van der Waals surface area contributed by atoms with E-state index in [1.807, 2.05) is 18.2 Å². The summed E-state index contributed by atoms with van der Waals surface area (Å²) in [4.78, 5) is 23.4. The number of aliphatic hydroxyl groups is 1. The molecule has 0 saturated carbocycles. The van der Waals surface area contributed by atoms with Crippen LogP contribution >= 0.6 is 0 Å². The van der Waals surface area contributed by atoms with Gasteiger partial charge in [-0.3, -0.25) is 15.1 Å². The molecular weight excluding hydrogens is 348 g/mol. The van der Waals surface area contributed by atoms with E-state index < -0.39 is 4.92 Å². The van der Waals surface area contributed by atoms with Crippen LogP contribution in [0.2, 0.25) is 0 Å². The average Bonchev–Trinajstić information content (AvgIpc) is 2.71. The SMILES string of the molecule is O=[N+]([O-])c1ccc(CNc2cc(-c3ccccn3)nc(NCCO)n2)cc1. The molecule has 1 aromatic carbocycles. The van der Waals surface area contributed by atoms with Crippen LogP contribution in [0.15, 0.2) is 54.7 Å². The van der Waals surface area contributed by atoms with Gasteiger partial charge in [0, 0.05) is 37.5 Å². The van der Waals surface area contributed by atoms with E-state index in [0.717, 1.165) is 5.56 Å². The van der Waals surface area contributed by atoms with Crippen molar-refractivity contribution in [3.05, 3.63) is 70.4 Å². The van der Waals surface area contributed by atoms with Crippen LogP contribution in [0.5, 0.6) is 0 Å². The number of rotatable bonds is 8. The first-order chi connectivity index (χ1) is 13.2. The zero-order chi connectivity index (χ0) is 19.1. The molecule has 2 aromatic heterocycles. The lowest BCUT2D eigenvalue weighted by atomic mass is 10.2. The minimum atomic E-state index is -0.431. The number of pyridine rings is 1. The highest BCUT2D eigenvalue weighted by molar-refractivity contribution is 5.61. The van der Waals surface area contributed by atoms with E-state index in [1.54, 1.807) is 24.4 Å². The van der Waals surface area contributed by atoms with Gasteiger partial charge >= 0.3 is 0 Å². The van der Waals surface area contributed by atoms with Crippen LogP contribution < -0.4 is 10.6 Å². The van der Waals surface area contributed by atoms with Crippen molar-refractivity contribution in [3.63, 3.8) is 0 Å². The number of benzene rings is 1. The first-order valence-corrected chi connectivity index (χ1v) is 8.28. The number of hydrogen-bond acceptors (Lipinski definition) is 8. The third kappa shape index (κ3) is 4.95. The molecule has 9 nitrogen and oxygen atoms in total. The van der Waals surface area contributed by atoms with E-state index in [2.05, 4.69) is 25.6 Å². The summed E-state index contributed by atoms with van der Waals surface area (Å²) >= 11 is 0. The Morgan fingerprint density at radius 3 is 2.52 bits per heavy atom. The molecular formula is C18H18N6O3. The molecule has 3 rings (SSSR count). The maximum Gasteiger partial charge on any atom is 0.269 e. The van der Waals surface area contributed by atoms with E-state index in [1.165, 1.54) is 12.1 Å². The second-order valence-corrected chi connectivity index (χ2v) is 5.60. The Hall–Kier alpha value is -3.59. The normalized spacial score (nSPS) is 10.4. The molecule has 3 aromatic rings. The van der Waals surface area contributed by atoms with Crippen molar-refractivity contribution in [1.29, 1.82) is 0 Å². The van der Waals surface area contributed by atoms with Crippen molar-refractivity contribution in [3.8, 4) is 11.4 Å². The monoisotopic (exact) mass is 366 g/mol. The Kier molecular flexibility index (Phi) is 5.85. The molecule has 0 amide bonds. The van der Waals surface area contributed by atoms with Gasteiger partial charge in [0.15, 0.2) is 0 Å². The highest BCUT2D eigenvalue weighted by Gasteiger charge is 2.08. The zero-order valence-corrected chi connectivity index (χ0v) is 14.4. The van der Waals surface area contributed by atoms with Gasteiger partial charge in [-0.25, -0.2) is 4.98 Å². The first kappa shape index (κ1) is 18.2. The number of nitrogens with zero attached hydrogens (tertiary/aromatic N) is 4. The number of anilines is 2. The second-order valence-electron chi connectivity index (χ2n) is 5.60. The van der Waals surface area contributed by atoms with Gasteiger partial charge in [-0.15, -0.1) is 0 Å². The predicted molar refractivity (Wildman–Crippen MR) is 101 cm³/mol. The summed E-state index contributed by atoms with van der Waals surface area (Å²) in [6.45, 7) is 0.728. The fourth-order valence-electron chi connectivity index (χ4n) is 2.36. The summed E-state index contributed by atoms with van der Waals surface area (Å²) in [5, 5.41) is 25.9. The number of nitro groups is 1. The third-order valence-electron chi connectivity index (χ3n) is 3.67. The largest absolute Gasteiger partial charge is 0.395 e. The third-order valence-corrected chi connectivity index (χ3v) is 3.67. The van der Waals surface area contributed by atoms with Crippen LogP contribution in [-0.2, 0) is 6.54 Å². The summed E-state index contributed by atoms with van der Waals surface area (Å²) in [5.41, 5.74) is 2.26. The van der Waals surface area contributed by atoms with Crippen LogP contribution in [-0.4, -0.2) is 38.1 Å². The lowest BCUT2D eigenvalue weighted by molar-refractivity contribution is -0.384. The topological polar surface area (TPSA) is 126 Å². The molecule has 0 aliphatic rings. The minimum Gasteiger partial charge on any atom is -0.395 e. The van der Waals surface area contributed by atoms with Crippen LogP contribution in [0.4, 0.5) is 17.5 Å². The number of non-ortho nitro benzene ring substituents is 1. The molecule has 0 spiro atoms. The lowest BCUT2D eigenvalue weighted by Crippen LogP contribution is -2.11. The summed E-state index contributed by atoms with van der Waals surface area (Å²) in [6, 6.07) is 13.6. The molecule has 0 radical (unpaired) electrons. The van der Waals surface area contributed by atoms with E-state index in [0.29, 0.717) is 36.2 Å². The molecule has 138 valence electrons. The van der Waals surface area contributed by atoms with E-state index in [4.69, 9.17) is 5.11 Å². The van der Waals surface area contributed by atoms with Crippen molar-refractivity contribution in [1.82, 2.24) is 15.0 Å². The Bertz CT molecular complexity index is 903. The highest BCUT2D eigenvalue weighted by Crippen LogP contribution is 2.20. The summed E-state index contributed by atoms with van der Waals surface area (Å²) < 4.78 is 0. The second kappa shape index (κ2) is 8.68. The molecule has 2 heterocycles. The van der Waals surface area contributed by atoms with Crippen molar-refractivity contribution in [2.45, 2.75) is 6.54 Å². The molecule has 0 aliphatic carbocycles. The molecule has 0 saturated heterocycles. The van der Waals surface area contributed by atoms with E-state index in [9.17, 15) is 10.1 Å². The van der Waals surface area contributed by atoms with Crippen molar-refractivity contribution in [2.75, 3.05) is 23.8 Å². The van der Waals surface area contributed by atoms with Crippen molar-refractivity contribution in [2.24, 2.45) is 0 Å². The number of nitro benzene ring substituents is 1. The van der Waals surface area contributed by atoms with Crippen LogP contribution in [0, 0.1) is 10.1 Å². The molecule has 9 heteroatoms. The number of nitrogens with one attached hydrogen (secondary N) is 2. The number of aromatic nitrogens is 3. The Morgan fingerprint density at radius 1 is 1.04 bits per heavy atom. The number of hydrogen-bond donors (Lipinski definition) is 3. The fourth-order valence-corrected chi connectivity index (χ4v) is 2.36. The van der Waals surface area contributed by atoms with Gasteiger partial charge in [-0.2, -0.15) is 4.98 Å². The van der Waals surface area contributed by atoms with Gasteiger partial charge in [0.1, 0.15) is 5.82 Å². The van der Waals surface area contributed by atoms with Gasteiger partial charge in [0.05, 0.1) is 22.9 Å². The quantitative estimate of drug-likeness (QED) is 0.410. The van der Waals surface area contributed by atoms with Gasteiger partial charge in [-0.1, -0.05) is 18.2 Å². The van der Waals surface area contributed by atoms with Crippen molar-refractivity contribution >= 4 is 17.5 Å². The standard InChI is InChI=1S/C18H18N6O3/c25-10-9-20-18-22-16(15-3-1-2-8-19-15)11-17(23-18)21-12-13-4-6-14(7-5-13)24(26)27/h1-8,11,25H,9-10,12H2,(H2,20,21,22,23). The predicted octanol–water partition coefficient (Wildman–Crippen LogP) is 2.46. The molecule has 0 aliphatic heterocycles. The molecule has 27 heavy (non-hydrogen) atoms. The number of aliphatic hydroxyl groups excluding tert-OH is 1. The maximum absolute atomic E-state index is 10.7. The van der Waals surface area contributed by atoms with Crippen LogP contribution in [0.1, 0.15) is 5.56 Å². The summed E-state index contributed by atoms with van der Waals surface area (Å²) in [5.74, 6) is 0.947. The molecule has 3 N–H and O–H groups in total. The molecule has 0 bridgehead atoms. The van der Waals surface area contributed by atoms with E-state index in [-0.39, 0.29) is 12.3 Å². The smallest absolute Gasteiger partial charge is 0.269 e. The molecule has 0 fully saturated rings. The zero-order valence-electron chi connectivity index (χ0n) is 14.4. The van der Waals surface area contributed by atoms with Gasteiger partial charge in [-0.05, 0) is 17.7 Å². The van der Waals surface area contributed by atoms with Gasteiger partial charge in [0.2, 0.25) is 5.95 Å². The summed E-state index contributed by atoms with van der Waals surface area (Å²) in [7, 11) is 0. The van der Waals surface area contributed by atoms with Gasteiger partial charge in [0.25, 0.3) is 5.69 Å². The fraction of sp³-hybridized carbons (Fsp3) is 0.167. The minimum absolute atomic E-state index is 0.0390. The lowest BCUT2D eigenvalue weighted by Gasteiger charge is -2.11. The van der Waals surface area contributed by atoms with Gasteiger partial charge < -0.3 is 15.7 Å². The van der Waals surface area contributed by atoms with E-state index >= 15 is 0 Å². The molecule has 0 atom stereocenters. The summed E-state index contributed by atoms with van der Waals surface area (Å²) in [6.07, 6.45) is 1.68. The van der Waals surface area contributed by atoms with Crippen LogP contribution in [0.3, 0.4) is 0 Å². The Labute approximate surface area is 155 Å². The molecule has 0 unspecified atom stereocenters. The average molecular weight is 366 g/mol.